The van der Waals surface area contributed by atoms with Crippen molar-refractivity contribution in [2.45, 2.75) is 19.5 Å². The van der Waals surface area contributed by atoms with Gasteiger partial charge in [0.25, 0.3) is 5.91 Å². The molecule has 2 aliphatic heterocycles. The van der Waals surface area contributed by atoms with E-state index in [0.29, 0.717) is 11.4 Å². The molecule has 9 heteroatoms. The van der Waals surface area contributed by atoms with Crippen molar-refractivity contribution in [2.24, 2.45) is 7.05 Å². The standard InChI is InChI=1S/C27H29N7O2/c1-33-25(17-34-6-8-36-9-7-34)23(15-31-33)22-11-20-12-26(30-16-24(20)29-14-22)32-27(35)19-3-2-18-4-5-28-13-21(18)10-19/h2-3,10-12,14-16,28H,4-9,13,17H2,1H3,(H,30,32,35). The minimum atomic E-state index is -0.167. The van der Waals surface area contributed by atoms with Crippen LogP contribution in [0.1, 0.15) is 27.2 Å². The third kappa shape index (κ3) is 4.60. The number of rotatable bonds is 5. The van der Waals surface area contributed by atoms with E-state index in [4.69, 9.17) is 4.74 Å². The molecular formula is C27H29N7O2. The largest absolute Gasteiger partial charge is 0.379 e. The molecule has 0 saturated carbocycles. The van der Waals surface area contributed by atoms with Gasteiger partial charge in [0, 0.05) is 61.5 Å². The van der Waals surface area contributed by atoms with Gasteiger partial charge in [0.15, 0.2) is 0 Å². The highest BCUT2D eigenvalue weighted by Crippen LogP contribution is 2.28. The first-order valence-electron chi connectivity index (χ1n) is 12.3. The van der Waals surface area contributed by atoms with Crippen LogP contribution in [0, 0.1) is 0 Å². The number of nitrogens with one attached hydrogen (secondary N) is 2. The molecule has 6 rings (SSSR count). The van der Waals surface area contributed by atoms with Crippen LogP contribution in [0.25, 0.3) is 22.0 Å². The number of hydrogen-bond donors (Lipinski definition) is 2. The molecule has 4 aromatic rings. The SMILES string of the molecule is Cn1ncc(-c2cnc3cnc(NC(=O)c4ccc5c(c4)CNCC5)cc3c2)c1CN1CCOCC1. The normalized spacial score (nSPS) is 16.1. The van der Waals surface area contributed by atoms with Crippen LogP contribution >= 0.6 is 0 Å². The van der Waals surface area contributed by atoms with Crippen molar-refractivity contribution in [1.82, 2.24) is 30.0 Å². The Morgan fingerprint density at radius 1 is 1.08 bits per heavy atom. The van der Waals surface area contributed by atoms with E-state index >= 15 is 0 Å². The highest BCUT2D eigenvalue weighted by atomic mass is 16.5. The fourth-order valence-electron chi connectivity index (χ4n) is 4.92. The fraction of sp³-hybridized carbons (Fsp3) is 0.333. The smallest absolute Gasteiger partial charge is 0.256 e. The second-order valence-electron chi connectivity index (χ2n) is 9.37. The Bertz CT molecular complexity index is 1430. The van der Waals surface area contributed by atoms with E-state index in [9.17, 15) is 4.79 Å². The Morgan fingerprint density at radius 3 is 2.86 bits per heavy atom. The van der Waals surface area contributed by atoms with E-state index < -0.39 is 0 Å². The summed E-state index contributed by atoms with van der Waals surface area (Å²) in [4.78, 5) is 24.4. The van der Waals surface area contributed by atoms with E-state index in [1.165, 1.54) is 11.1 Å². The maximum Gasteiger partial charge on any atom is 0.256 e. The molecule has 1 amide bonds. The highest BCUT2D eigenvalue weighted by Gasteiger charge is 2.18. The molecule has 3 aromatic heterocycles. The summed E-state index contributed by atoms with van der Waals surface area (Å²) in [7, 11) is 1.97. The maximum atomic E-state index is 12.9. The zero-order valence-corrected chi connectivity index (χ0v) is 20.3. The summed E-state index contributed by atoms with van der Waals surface area (Å²) in [5.41, 5.74) is 7.08. The van der Waals surface area contributed by atoms with Gasteiger partial charge in [-0.2, -0.15) is 5.10 Å². The van der Waals surface area contributed by atoms with E-state index in [0.717, 1.165) is 80.1 Å². The number of fused-ring (bicyclic) bond motifs is 2. The molecule has 0 unspecified atom stereocenters. The van der Waals surface area contributed by atoms with E-state index in [1.807, 2.05) is 42.3 Å². The molecule has 1 aromatic carbocycles. The quantitative estimate of drug-likeness (QED) is 0.451. The Hall–Kier alpha value is -3.66. The second kappa shape index (κ2) is 9.77. The predicted octanol–water partition coefficient (Wildman–Crippen LogP) is 2.76. The Balaban J connectivity index is 1.25. The molecule has 2 aliphatic rings. The molecule has 5 heterocycles. The van der Waals surface area contributed by atoms with Crippen molar-refractivity contribution < 1.29 is 9.53 Å². The van der Waals surface area contributed by atoms with Crippen molar-refractivity contribution in [3.05, 3.63) is 71.3 Å². The summed E-state index contributed by atoms with van der Waals surface area (Å²) in [5, 5.41) is 11.7. The zero-order chi connectivity index (χ0) is 24.5. The molecule has 1 saturated heterocycles. The van der Waals surface area contributed by atoms with E-state index in [2.05, 4.69) is 42.7 Å². The summed E-state index contributed by atoms with van der Waals surface area (Å²) >= 11 is 0. The lowest BCUT2D eigenvalue weighted by Crippen LogP contribution is -2.36. The van der Waals surface area contributed by atoms with Crippen LogP contribution in [-0.2, 0) is 31.3 Å². The summed E-state index contributed by atoms with van der Waals surface area (Å²) in [5.74, 6) is 0.335. The minimum Gasteiger partial charge on any atom is -0.379 e. The Kier molecular flexibility index (Phi) is 6.18. The fourth-order valence-corrected chi connectivity index (χ4v) is 4.92. The number of ether oxygens (including phenoxy) is 1. The number of anilines is 1. The summed E-state index contributed by atoms with van der Waals surface area (Å²) in [6.45, 7) is 5.92. The van der Waals surface area contributed by atoms with Crippen LogP contribution in [0.15, 0.2) is 48.9 Å². The van der Waals surface area contributed by atoms with Gasteiger partial charge in [-0.25, -0.2) is 4.98 Å². The van der Waals surface area contributed by atoms with Crippen LogP contribution in [0.4, 0.5) is 5.82 Å². The van der Waals surface area contributed by atoms with Gasteiger partial charge in [-0.1, -0.05) is 6.07 Å². The van der Waals surface area contributed by atoms with Crippen molar-refractivity contribution in [3.63, 3.8) is 0 Å². The van der Waals surface area contributed by atoms with E-state index in [-0.39, 0.29) is 5.91 Å². The Labute approximate surface area is 209 Å². The first kappa shape index (κ1) is 22.8. The average molecular weight is 484 g/mol. The third-order valence-corrected chi connectivity index (χ3v) is 7.01. The number of hydrogen-bond acceptors (Lipinski definition) is 7. The number of aryl methyl sites for hydroxylation is 1. The lowest BCUT2D eigenvalue weighted by molar-refractivity contribution is 0.0332. The number of amides is 1. The second-order valence-corrected chi connectivity index (χ2v) is 9.37. The Morgan fingerprint density at radius 2 is 1.97 bits per heavy atom. The molecule has 0 radical (unpaired) electrons. The maximum absolute atomic E-state index is 12.9. The van der Waals surface area contributed by atoms with Gasteiger partial charge in [-0.3, -0.25) is 19.4 Å². The monoisotopic (exact) mass is 483 g/mol. The molecule has 0 bridgehead atoms. The molecule has 1 fully saturated rings. The molecule has 36 heavy (non-hydrogen) atoms. The predicted molar refractivity (Wildman–Crippen MR) is 138 cm³/mol. The zero-order valence-electron chi connectivity index (χ0n) is 20.3. The highest BCUT2D eigenvalue weighted by molar-refractivity contribution is 6.04. The van der Waals surface area contributed by atoms with Crippen LogP contribution in [0.2, 0.25) is 0 Å². The lowest BCUT2D eigenvalue weighted by atomic mass is 9.98. The van der Waals surface area contributed by atoms with Crippen LogP contribution in [0.3, 0.4) is 0 Å². The van der Waals surface area contributed by atoms with Gasteiger partial charge in [-0.05, 0) is 48.4 Å². The van der Waals surface area contributed by atoms with E-state index in [1.54, 1.807) is 6.20 Å². The van der Waals surface area contributed by atoms with Gasteiger partial charge in [0.1, 0.15) is 5.82 Å². The van der Waals surface area contributed by atoms with Crippen molar-refractivity contribution >= 4 is 22.6 Å². The minimum absolute atomic E-state index is 0.167. The van der Waals surface area contributed by atoms with Crippen LogP contribution < -0.4 is 10.6 Å². The van der Waals surface area contributed by atoms with Gasteiger partial charge in [0.2, 0.25) is 0 Å². The van der Waals surface area contributed by atoms with Crippen LogP contribution in [-0.4, -0.2) is 63.4 Å². The first-order valence-corrected chi connectivity index (χ1v) is 12.3. The number of carbonyl (C=O) groups excluding carboxylic acids is 1. The molecule has 184 valence electrons. The molecule has 0 spiro atoms. The summed E-state index contributed by atoms with van der Waals surface area (Å²) in [6, 6.07) is 9.87. The summed E-state index contributed by atoms with van der Waals surface area (Å²) in [6.07, 6.45) is 6.45. The van der Waals surface area contributed by atoms with Crippen LogP contribution in [0.5, 0.6) is 0 Å². The van der Waals surface area contributed by atoms with Gasteiger partial charge in [-0.15, -0.1) is 0 Å². The number of morpholine rings is 1. The van der Waals surface area contributed by atoms with Gasteiger partial charge in [0.05, 0.1) is 36.8 Å². The number of aromatic nitrogens is 4. The molecular weight excluding hydrogens is 454 g/mol. The number of carbonyl (C=O) groups is 1. The van der Waals surface area contributed by atoms with Crippen molar-refractivity contribution in [2.75, 3.05) is 38.2 Å². The average Bonchev–Trinajstić information content (AvgIpc) is 3.28. The van der Waals surface area contributed by atoms with Gasteiger partial charge >= 0.3 is 0 Å². The van der Waals surface area contributed by atoms with Gasteiger partial charge < -0.3 is 15.4 Å². The molecule has 2 N–H and O–H groups in total. The van der Waals surface area contributed by atoms with Crippen molar-refractivity contribution in [3.8, 4) is 11.1 Å². The number of benzene rings is 1. The summed E-state index contributed by atoms with van der Waals surface area (Å²) < 4.78 is 7.42. The molecule has 0 atom stereocenters. The third-order valence-electron chi connectivity index (χ3n) is 7.01. The number of nitrogens with zero attached hydrogens (tertiary/aromatic N) is 5. The topological polar surface area (TPSA) is 97.2 Å². The molecule has 0 aliphatic carbocycles. The lowest BCUT2D eigenvalue weighted by Gasteiger charge is -2.26. The van der Waals surface area contributed by atoms with Crippen molar-refractivity contribution in [1.29, 1.82) is 0 Å². The first-order chi connectivity index (χ1) is 17.6. The molecule has 9 nitrogen and oxygen atoms in total. The number of pyridine rings is 2.